The number of rotatable bonds is 2. The maximum absolute atomic E-state index is 5.80. The van der Waals surface area contributed by atoms with E-state index in [9.17, 15) is 0 Å². The van der Waals surface area contributed by atoms with Crippen LogP contribution >= 0.6 is 15.9 Å². The summed E-state index contributed by atoms with van der Waals surface area (Å²) < 4.78 is 12.4. The fraction of sp³-hybridized carbons (Fsp3) is 0.250. The lowest BCUT2D eigenvalue weighted by atomic mass is 9.98. The molecule has 2 aromatic rings. The third kappa shape index (κ3) is 2.53. The van der Waals surface area contributed by atoms with E-state index >= 15 is 0 Å². The van der Waals surface area contributed by atoms with Gasteiger partial charge in [-0.1, -0.05) is 47.1 Å². The van der Waals surface area contributed by atoms with Crippen molar-refractivity contribution in [3.05, 3.63) is 63.6 Å². The first-order chi connectivity index (χ1) is 9.28. The molecular weight excluding hydrogens is 304 g/mol. The Morgan fingerprint density at radius 1 is 1.21 bits per heavy atom. The summed E-state index contributed by atoms with van der Waals surface area (Å²) in [6, 6.07) is 14.6. The third-order valence-electron chi connectivity index (χ3n) is 3.37. The Balaban J connectivity index is 2.05. The molecule has 1 aliphatic rings. The first kappa shape index (κ1) is 12.7. The van der Waals surface area contributed by atoms with Gasteiger partial charge in [0, 0.05) is 10.0 Å². The van der Waals surface area contributed by atoms with Crippen LogP contribution in [0.25, 0.3) is 0 Å². The van der Waals surface area contributed by atoms with Crippen molar-refractivity contribution in [2.24, 2.45) is 0 Å². The first-order valence-corrected chi connectivity index (χ1v) is 7.20. The molecule has 0 bridgehead atoms. The van der Waals surface area contributed by atoms with E-state index in [1.54, 1.807) is 0 Å². The molecule has 0 amide bonds. The van der Waals surface area contributed by atoms with Gasteiger partial charge in [-0.15, -0.1) is 0 Å². The summed E-state index contributed by atoms with van der Waals surface area (Å²) in [6.45, 7) is 2.46. The van der Waals surface area contributed by atoms with Crippen LogP contribution in [-0.4, -0.2) is 6.79 Å². The number of fused-ring (bicyclic) bond motifs is 1. The molecule has 19 heavy (non-hydrogen) atoms. The molecule has 0 aromatic heterocycles. The Bertz CT molecular complexity index is 595. The second kappa shape index (κ2) is 5.35. The fourth-order valence-electron chi connectivity index (χ4n) is 2.36. The van der Waals surface area contributed by atoms with Gasteiger partial charge in [0.25, 0.3) is 0 Å². The van der Waals surface area contributed by atoms with Gasteiger partial charge in [0.15, 0.2) is 6.79 Å². The van der Waals surface area contributed by atoms with Crippen molar-refractivity contribution in [3.63, 3.8) is 0 Å². The average molecular weight is 319 g/mol. The summed E-state index contributed by atoms with van der Waals surface area (Å²) in [5, 5.41) is 0. The fourth-order valence-corrected chi connectivity index (χ4v) is 2.74. The second-order valence-corrected chi connectivity index (χ2v) is 5.51. The number of hydrogen-bond donors (Lipinski definition) is 0. The highest BCUT2D eigenvalue weighted by atomic mass is 79.9. The van der Waals surface area contributed by atoms with Crippen molar-refractivity contribution in [3.8, 4) is 5.75 Å². The standard InChI is InChI=1S/C16H15BrO2/c1-2-11-4-3-5-12(8-11)16-14-9-13(17)6-7-15(14)18-10-19-16/h3-9,16H,2,10H2,1H3. The summed E-state index contributed by atoms with van der Waals surface area (Å²) in [7, 11) is 0. The molecule has 1 aliphatic heterocycles. The lowest BCUT2D eigenvalue weighted by molar-refractivity contribution is -0.0419. The van der Waals surface area contributed by atoms with Crippen molar-refractivity contribution in [1.29, 1.82) is 0 Å². The van der Waals surface area contributed by atoms with E-state index in [4.69, 9.17) is 9.47 Å². The maximum Gasteiger partial charge on any atom is 0.190 e. The molecule has 1 atom stereocenters. The molecule has 2 nitrogen and oxygen atoms in total. The van der Waals surface area contributed by atoms with Gasteiger partial charge in [0.1, 0.15) is 11.9 Å². The van der Waals surface area contributed by atoms with E-state index in [2.05, 4.69) is 53.2 Å². The van der Waals surface area contributed by atoms with E-state index in [1.807, 2.05) is 12.1 Å². The van der Waals surface area contributed by atoms with Crippen LogP contribution in [0.3, 0.4) is 0 Å². The highest BCUT2D eigenvalue weighted by Gasteiger charge is 2.24. The molecule has 1 unspecified atom stereocenters. The van der Waals surface area contributed by atoms with E-state index < -0.39 is 0 Å². The molecule has 1 heterocycles. The summed E-state index contributed by atoms with van der Waals surface area (Å²) in [6.07, 6.45) is 0.982. The molecule has 0 saturated heterocycles. The molecule has 98 valence electrons. The Hall–Kier alpha value is -1.32. The Morgan fingerprint density at radius 3 is 2.95 bits per heavy atom. The second-order valence-electron chi connectivity index (χ2n) is 4.59. The number of hydrogen-bond acceptors (Lipinski definition) is 2. The molecule has 0 N–H and O–H groups in total. The van der Waals surface area contributed by atoms with Gasteiger partial charge in [-0.3, -0.25) is 0 Å². The van der Waals surface area contributed by atoms with Crippen LogP contribution in [0, 0.1) is 0 Å². The summed E-state index contributed by atoms with van der Waals surface area (Å²) in [5.74, 6) is 0.904. The molecule has 3 rings (SSSR count). The highest BCUT2D eigenvalue weighted by Crippen LogP contribution is 2.38. The van der Waals surface area contributed by atoms with Crippen molar-refractivity contribution >= 4 is 15.9 Å². The Morgan fingerprint density at radius 2 is 2.11 bits per heavy atom. The summed E-state index contributed by atoms with van der Waals surface area (Å²) >= 11 is 3.51. The van der Waals surface area contributed by atoms with Crippen LogP contribution in [0.4, 0.5) is 0 Å². The zero-order valence-corrected chi connectivity index (χ0v) is 12.3. The largest absolute Gasteiger partial charge is 0.467 e. The number of ether oxygens (including phenoxy) is 2. The monoisotopic (exact) mass is 318 g/mol. The molecule has 3 heteroatoms. The molecule has 0 fully saturated rings. The maximum atomic E-state index is 5.80. The zero-order valence-electron chi connectivity index (χ0n) is 10.7. The van der Waals surface area contributed by atoms with Crippen molar-refractivity contribution < 1.29 is 9.47 Å². The number of benzene rings is 2. The average Bonchev–Trinajstić information content (AvgIpc) is 2.46. The van der Waals surface area contributed by atoms with Crippen LogP contribution in [-0.2, 0) is 11.2 Å². The summed E-state index contributed by atoms with van der Waals surface area (Å²) in [4.78, 5) is 0. The zero-order chi connectivity index (χ0) is 13.2. The van der Waals surface area contributed by atoms with Gasteiger partial charge in [0.05, 0.1) is 0 Å². The normalized spacial score (nSPS) is 17.7. The molecular formula is C16H15BrO2. The quantitative estimate of drug-likeness (QED) is 0.813. The van der Waals surface area contributed by atoms with E-state index in [0.717, 1.165) is 22.2 Å². The first-order valence-electron chi connectivity index (χ1n) is 6.40. The SMILES string of the molecule is CCc1cccc(C2OCOc3ccc(Br)cc32)c1. The third-order valence-corrected chi connectivity index (χ3v) is 3.86. The molecule has 0 spiro atoms. The van der Waals surface area contributed by atoms with Gasteiger partial charge in [-0.05, 0) is 35.7 Å². The number of aryl methyl sites for hydroxylation is 1. The predicted octanol–water partition coefficient (Wildman–Crippen LogP) is 4.47. The lowest BCUT2D eigenvalue weighted by Gasteiger charge is -2.27. The van der Waals surface area contributed by atoms with E-state index in [-0.39, 0.29) is 6.10 Å². The van der Waals surface area contributed by atoms with Gasteiger partial charge < -0.3 is 9.47 Å². The van der Waals surface area contributed by atoms with Crippen molar-refractivity contribution in [1.82, 2.24) is 0 Å². The molecule has 0 aliphatic carbocycles. The highest BCUT2D eigenvalue weighted by molar-refractivity contribution is 9.10. The molecule has 0 radical (unpaired) electrons. The van der Waals surface area contributed by atoms with Crippen LogP contribution in [0.15, 0.2) is 46.9 Å². The van der Waals surface area contributed by atoms with Crippen molar-refractivity contribution in [2.75, 3.05) is 6.79 Å². The van der Waals surface area contributed by atoms with Crippen molar-refractivity contribution in [2.45, 2.75) is 19.4 Å². The number of halogens is 1. The minimum atomic E-state index is -0.0484. The predicted molar refractivity (Wildman–Crippen MR) is 78.4 cm³/mol. The molecule has 2 aromatic carbocycles. The Labute approximate surface area is 121 Å². The van der Waals surface area contributed by atoms with Crippen LogP contribution in [0.1, 0.15) is 29.7 Å². The van der Waals surface area contributed by atoms with E-state index in [1.165, 1.54) is 11.1 Å². The van der Waals surface area contributed by atoms with Crippen LogP contribution < -0.4 is 4.74 Å². The van der Waals surface area contributed by atoms with Gasteiger partial charge in [-0.2, -0.15) is 0 Å². The van der Waals surface area contributed by atoms with Crippen LogP contribution in [0.5, 0.6) is 5.75 Å². The van der Waals surface area contributed by atoms with Gasteiger partial charge >= 0.3 is 0 Å². The smallest absolute Gasteiger partial charge is 0.190 e. The van der Waals surface area contributed by atoms with Gasteiger partial charge in [0.2, 0.25) is 0 Å². The van der Waals surface area contributed by atoms with Gasteiger partial charge in [-0.25, -0.2) is 0 Å². The van der Waals surface area contributed by atoms with E-state index in [0.29, 0.717) is 6.79 Å². The lowest BCUT2D eigenvalue weighted by Crippen LogP contribution is -2.18. The summed E-state index contributed by atoms with van der Waals surface area (Å²) in [5.41, 5.74) is 3.58. The van der Waals surface area contributed by atoms with Crippen LogP contribution in [0.2, 0.25) is 0 Å². The minimum absolute atomic E-state index is 0.0484. The topological polar surface area (TPSA) is 18.5 Å². The Kier molecular flexibility index (Phi) is 3.58. The minimum Gasteiger partial charge on any atom is -0.467 e. The molecule has 0 saturated carbocycles.